The Balaban J connectivity index is 1.97. The number of nitrogens with zero attached hydrogens (tertiary/aromatic N) is 2. The Hall–Kier alpha value is -3.16. The van der Waals surface area contributed by atoms with Gasteiger partial charge in [-0.05, 0) is 36.8 Å². The zero-order valence-corrected chi connectivity index (χ0v) is 14.3. The molecule has 0 saturated carbocycles. The first-order chi connectivity index (χ1) is 12.9. The van der Waals surface area contributed by atoms with Crippen LogP contribution in [0.2, 0.25) is 0 Å². The van der Waals surface area contributed by atoms with Crippen LogP contribution in [0.3, 0.4) is 0 Å². The standard InChI is InChI=1S/C19H16F3N3O2/c1-12-16(18(25-24-12)13-5-7-23-8-6-13)10-17(27-11-26)14-3-2-4-15(9-14)19(20,21)22/h2-9,11,17H,10H2,1H3,(H,24,25). The lowest BCUT2D eigenvalue weighted by molar-refractivity contribution is -0.137. The lowest BCUT2D eigenvalue weighted by atomic mass is 9.96. The van der Waals surface area contributed by atoms with Crippen molar-refractivity contribution in [2.45, 2.75) is 25.6 Å². The van der Waals surface area contributed by atoms with Crippen LogP contribution in [0, 0.1) is 6.92 Å². The monoisotopic (exact) mass is 375 g/mol. The van der Waals surface area contributed by atoms with E-state index in [0.29, 0.717) is 5.69 Å². The average molecular weight is 375 g/mol. The number of nitrogens with one attached hydrogen (secondary N) is 1. The number of aromatic amines is 1. The van der Waals surface area contributed by atoms with Gasteiger partial charge in [-0.15, -0.1) is 0 Å². The van der Waals surface area contributed by atoms with Crippen molar-refractivity contribution in [1.29, 1.82) is 0 Å². The van der Waals surface area contributed by atoms with Crippen LogP contribution in [-0.4, -0.2) is 21.7 Å². The normalized spacial score (nSPS) is 12.6. The van der Waals surface area contributed by atoms with Gasteiger partial charge in [0.25, 0.3) is 6.47 Å². The Morgan fingerprint density at radius 2 is 1.96 bits per heavy atom. The van der Waals surface area contributed by atoms with Crippen molar-refractivity contribution >= 4 is 6.47 Å². The molecule has 3 aromatic rings. The number of hydrogen-bond donors (Lipinski definition) is 1. The van der Waals surface area contributed by atoms with Crippen LogP contribution in [0.25, 0.3) is 11.3 Å². The largest absolute Gasteiger partial charge is 0.459 e. The summed E-state index contributed by atoms with van der Waals surface area (Å²) in [5.41, 5.74) is 2.41. The second-order valence-electron chi connectivity index (χ2n) is 5.96. The van der Waals surface area contributed by atoms with Crippen molar-refractivity contribution in [3.8, 4) is 11.3 Å². The molecule has 1 aromatic carbocycles. The van der Waals surface area contributed by atoms with Gasteiger partial charge in [-0.25, -0.2) is 0 Å². The number of halogens is 3. The Labute approximate surface area is 153 Å². The summed E-state index contributed by atoms with van der Waals surface area (Å²) in [6, 6.07) is 8.33. The van der Waals surface area contributed by atoms with E-state index in [1.165, 1.54) is 12.1 Å². The van der Waals surface area contributed by atoms with E-state index in [1.54, 1.807) is 31.5 Å². The molecule has 27 heavy (non-hydrogen) atoms. The first kappa shape index (κ1) is 18.6. The molecular formula is C19H16F3N3O2. The molecule has 0 aliphatic heterocycles. The molecule has 0 radical (unpaired) electrons. The number of aromatic nitrogens is 3. The highest BCUT2D eigenvalue weighted by Crippen LogP contribution is 2.34. The van der Waals surface area contributed by atoms with Gasteiger partial charge in [0.2, 0.25) is 0 Å². The topological polar surface area (TPSA) is 67.9 Å². The van der Waals surface area contributed by atoms with Gasteiger partial charge in [0.15, 0.2) is 0 Å². The zero-order chi connectivity index (χ0) is 19.4. The summed E-state index contributed by atoms with van der Waals surface area (Å²) in [6.07, 6.45) is -1.93. The van der Waals surface area contributed by atoms with Crippen LogP contribution >= 0.6 is 0 Å². The van der Waals surface area contributed by atoms with Crippen LogP contribution in [0.1, 0.15) is 28.5 Å². The first-order valence-electron chi connectivity index (χ1n) is 8.10. The third-order valence-electron chi connectivity index (χ3n) is 4.22. The van der Waals surface area contributed by atoms with Crippen molar-refractivity contribution in [3.05, 3.63) is 71.2 Å². The molecule has 8 heteroatoms. The molecule has 0 aliphatic rings. The number of alkyl halides is 3. The predicted molar refractivity (Wildman–Crippen MR) is 91.6 cm³/mol. The van der Waals surface area contributed by atoms with Crippen molar-refractivity contribution in [1.82, 2.24) is 15.2 Å². The molecule has 0 saturated heterocycles. The van der Waals surface area contributed by atoms with E-state index >= 15 is 0 Å². The van der Waals surface area contributed by atoms with E-state index in [1.807, 2.05) is 0 Å². The molecule has 3 rings (SSSR count). The summed E-state index contributed by atoms with van der Waals surface area (Å²) in [6.45, 7) is 2.05. The van der Waals surface area contributed by atoms with Gasteiger partial charge in [-0.2, -0.15) is 18.3 Å². The van der Waals surface area contributed by atoms with Crippen molar-refractivity contribution in [3.63, 3.8) is 0 Å². The fourth-order valence-electron chi connectivity index (χ4n) is 2.86. The fraction of sp³-hybridized carbons (Fsp3) is 0.211. The zero-order valence-electron chi connectivity index (χ0n) is 14.3. The van der Waals surface area contributed by atoms with E-state index in [9.17, 15) is 18.0 Å². The maximum atomic E-state index is 13.0. The van der Waals surface area contributed by atoms with Gasteiger partial charge in [0, 0.05) is 35.6 Å². The van der Waals surface area contributed by atoms with Crippen LogP contribution in [-0.2, 0) is 22.1 Å². The van der Waals surface area contributed by atoms with Crippen LogP contribution in [0.15, 0.2) is 48.8 Å². The van der Waals surface area contributed by atoms with Crippen molar-refractivity contribution in [2.75, 3.05) is 0 Å². The molecule has 5 nitrogen and oxygen atoms in total. The second-order valence-corrected chi connectivity index (χ2v) is 5.96. The lowest BCUT2D eigenvalue weighted by Crippen LogP contribution is -2.11. The smallest absolute Gasteiger partial charge is 0.416 e. The van der Waals surface area contributed by atoms with Crippen LogP contribution in [0.5, 0.6) is 0 Å². The molecule has 2 aromatic heterocycles. The molecular weight excluding hydrogens is 359 g/mol. The summed E-state index contributed by atoms with van der Waals surface area (Å²) in [5, 5.41) is 7.15. The van der Waals surface area contributed by atoms with Gasteiger partial charge in [-0.3, -0.25) is 14.9 Å². The highest BCUT2D eigenvalue weighted by Gasteiger charge is 2.31. The molecule has 0 aliphatic carbocycles. The summed E-state index contributed by atoms with van der Waals surface area (Å²) in [5.74, 6) is 0. The highest BCUT2D eigenvalue weighted by atomic mass is 19.4. The third-order valence-corrected chi connectivity index (χ3v) is 4.22. The van der Waals surface area contributed by atoms with E-state index < -0.39 is 17.8 Å². The Morgan fingerprint density at radius 3 is 2.63 bits per heavy atom. The van der Waals surface area contributed by atoms with Gasteiger partial charge in [0.05, 0.1) is 11.3 Å². The van der Waals surface area contributed by atoms with Gasteiger partial charge in [0.1, 0.15) is 6.10 Å². The molecule has 140 valence electrons. The van der Waals surface area contributed by atoms with Gasteiger partial charge < -0.3 is 4.74 Å². The number of benzene rings is 1. The van der Waals surface area contributed by atoms with E-state index in [4.69, 9.17) is 4.74 Å². The quantitative estimate of drug-likeness (QED) is 0.654. The number of hydrogen-bond acceptors (Lipinski definition) is 4. The third kappa shape index (κ3) is 4.16. The Morgan fingerprint density at radius 1 is 1.22 bits per heavy atom. The van der Waals surface area contributed by atoms with E-state index in [2.05, 4.69) is 15.2 Å². The minimum atomic E-state index is -4.48. The molecule has 1 N–H and O–H groups in total. The number of H-pyrrole nitrogens is 1. The minimum Gasteiger partial charge on any atom is -0.459 e. The molecule has 2 heterocycles. The summed E-state index contributed by atoms with van der Waals surface area (Å²) in [7, 11) is 0. The minimum absolute atomic E-state index is 0.181. The number of carbonyl (C=O) groups excluding carboxylic acids is 1. The maximum Gasteiger partial charge on any atom is 0.416 e. The summed E-state index contributed by atoms with van der Waals surface area (Å²) < 4.78 is 44.2. The molecule has 0 amide bonds. The van der Waals surface area contributed by atoms with Gasteiger partial charge >= 0.3 is 6.18 Å². The first-order valence-corrected chi connectivity index (χ1v) is 8.10. The highest BCUT2D eigenvalue weighted by molar-refractivity contribution is 5.63. The number of pyridine rings is 1. The van der Waals surface area contributed by atoms with E-state index in [-0.39, 0.29) is 18.5 Å². The Kier molecular flexibility index (Phi) is 5.25. The SMILES string of the molecule is Cc1[nH]nc(-c2ccncc2)c1CC(OC=O)c1cccc(C(F)(F)F)c1. The van der Waals surface area contributed by atoms with E-state index in [0.717, 1.165) is 29.0 Å². The van der Waals surface area contributed by atoms with Crippen LogP contribution in [0.4, 0.5) is 13.2 Å². The molecule has 1 atom stereocenters. The number of aryl methyl sites for hydroxylation is 1. The molecule has 0 spiro atoms. The average Bonchev–Trinajstić information content (AvgIpc) is 3.02. The molecule has 0 fully saturated rings. The lowest BCUT2D eigenvalue weighted by Gasteiger charge is -2.18. The maximum absolute atomic E-state index is 13.0. The number of carbonyl (C=O) groups is 1. The fourth-order valence-corrected chi connectivity index (χ4v) is 2.86. The predicted octanol–water partition coefficient (Wildman–Crippen LogP) is 4.26. The summed E-state index contributed by atoms with van der Waals surface area (Å²) in [4.78, 5) is 14.9. The molecule has 1 unspecified atom stereocenters. The van der Waals surface area contributed by atoms with Gasteiger partial charge in [-0.1, -0.05) is 12.1 Å². The number of ether oxygens (including phenoxy) is 1. The number of rotatable bonds is 6. The summed E-state index contributed by atoms with van der Waals surface area (Å²) >= 11 is 0. The second kappa shape index (κ2) is 7.61. The van der Waals surface area contributed by atoms with Crippen LogP contribution < -0.4 is 0 Å². The van der Waals surface area contributed by atoms with Crippen molar-refractivity contribution in [2.24, 2.45) is 0 Å². The Bertz CT molecular complexity index is 923. The molecule has 0 bridgehead atoms. The van der Waals surface area contributed by atoms with Crippen molar-refractivity contribution < 1.29 is 22.7 Å².